The highest BCUT2D eigenvalue weighted by atomic mass is 14.5. The molecule has 2 aliphatic rings. The van der Waals surface area contributed by atoms with Gasteiger partial charge >= 0.3 is 0 Å². The van der Waals surface area contributed by atoms with E-state index in [1.807, 2.05) is 0 Å². The summed E-state index contributed by atoms with van der Waals surface area (Å²) in [4.78, 5) is 0. The van der Waals surface area contributed by atoms with Crippen molar-refractivity contribution >= 4 is 43.1 Å². The molecule has 0 saturated heterocycles. The first kappa shape index (κ1) is 28.9. The maximum absolute atomic E-state index is 2.55. The zero-order chi connectivity index (χ0) is 34.7. The molecule has 12 rings (SSSR count). The Kier molecular flexibility index (Phi) is 5.80. The van der Waals surface area contributed by atoms with E-state index in [4.69, 9.17) is 0 Å². The number of fused-ring (bicyclic) bond motifs is 15. The van der Waals surface area contributed by atoms with Gasteiger partial charge in [-0.1, -0.05) is 188 Å². The first-order valence-electron chi connectivity index (χ1n) is 18.6. The highest BCUT2D eigenvalue weighted by molar-refractivity contribution is 6.23. The third-order valence-corrected chi connectivity index (χ3v) is 12.2. The van der Waals surface area contributed by atoms with Crippen LogP contribution in [0.3, 0.4) is 0 Å². The highest BCUT2D eigenvalue weighted by Gasteiger charge is 2.52. The van der Waals surface area contributed by atoms with Gasteiger partial charge in [-0.3, -0.25) is 0 Å². The molecule has 0 saturated carbocycles. The van der Waals surface area contributed by atoms with Crippen molar-refractivity contribution in [2.75, 3.05) is 0 Å². The number of hydrogen-bond acceptors (Lipinski definition) is 0. The topological polar surface area (TPSA) is 0 Å². The summed E-state index contributed by atoms with van der Waals surface area (Å²) in [5.74, 6) is 0. The predicted octanol–water partition coefficient (Wildman–Crippen LogP) is 14.0. The maximum atomic E-state index is 2.55. The van der Waals surface area contributed by atoms with E-state index >= 15 is 0 Å². The predicted molar refractivity (Wildman–Crippen MR) is 224 cm³/mol. The Bertz CT molecular complexity index is 3070. The molecule has 0 heterocycles. The van der Waals surface area contributed by atoms with Gasteiger partial charge in [-0.05, 0) is 116 Å². The van der Waals surface area contributed by atoms with E-state index in [0.29, 0.717) is 0 Å². The molecule has 2 aliphatic carbocycles. The van der Waals surface area contributed by atoms with E-state index in [9.17, 15) is 0 Å². The Morgan fingerprint density at radius 2 is 0.717 bits per heavy atom. The number of rotatable bonds is 2. The lowest BCUT2D eigenvalue weighted by Crippen LogP contribution is -2.26. The van der Waals surface area contributed by atoms with Gasteiger partial charge in [0.15, 0.2) is 0 Å². The molecule has 53 heavy (non-hydrogen) atoms. The SMILES string of the molecule is c1ccc2c(c1)-c1ccccc1C21c2cc(-c3c4ccccc4c(-c4cccc5ccccc45)c4ccccc34)ccc2-c2ccc3ccccc3c21. The standard InChI is InChI=1S/C53H32/c1-3-17-36-33(14-1)16-13-25-41(36)51-44-23-7-5-21-42(44)50(43-22-6-8-24-45(43)51)35-29-30-40-46-31-28-34-15-2-4-18-37(34)52(46)53(49(40)32-35)47-26-11-9-19-38(47)39-20-10-12-27-48(39)53/h1-32H. The van der Waals surface area contributed by atoms with Gasteiger partial charge < -0.3 is 0 Å². The molecule has 0 N–H and O–H groups in total. The lowest BCUT2D eigenvalue weighted by atomic mass is 9.69. The smallest absolute Gasteiger partial charge is 0.0619 e. The van der Waals surface area contributed by atoms with Crippen molar-refractivity contribution in [2.24, 2.45) is 0 Å². The van der Waals surface area contributed by atoms with Gasteiger partial charge in [0.1, 0.15) is 0 Å². The average Bonchev–Trinajstić information content (AvgIpc) is 3.70. The van der Waals surface area contributed by atoms with Gasteiger partial charge in [-0.2, -0.15) is 0 Å². The van der Waals surface area contributed by atoms with E-state index in [1.165, 1.54) is 110 Å². The van der Waals surface area contributed by atoms with Crippen LogP contribution in [0.5, 0.6) is 0 Å². The van der Waals surface area contributed by atoms with E-state index in [-0.39, 0.29) is 0 Å². The molecule has 0 atom stereocenters. The van der Waals surface area contributed by atoms with Gasteiger partial charge in [0, 0.05) is 0 Å². The van der Waals surface area contributed by atoms with Crippen LogP contribution >= 0.6 is 0 Å². The molecule has 0 aromatic heterocycles. The minimum Gasteiger partial charge on any atom is -0.0619 e. The quantitative estimate of drug-likeness (QED) is 0.161. The molecule has 0 amide bonds. The fourth-order valence-electron chi connectivity index (χ4n) is 10.2. The lowest BCUT2D eigenvalue weighted by Gasteiger charge is -2.32. The summed E-state index contributed by atoms with van der Waals surface area (Å²) in [5.41, 5.74) is 15.5. The molecule has 0 fully saturated rings. The zero-order valence-electron chi connectivity index (χ0n) is 29.0. The van der Waals surface area contributed by atoms with E-state index < -0.39 is 5.41 Å². The van der Waals surface area contributed by atoms with Crippen LogP contribution in [0, 0.1) is 0 Å². The van der Waals surface area contributed by atoms with Crippen LogP contribution in [0.4, 0.5) is 0 Å². The molecule has 10 aromatic rings. The average molecular weight is 669 g/mol. The Labute approximate surface area is 308 Å². The van der Waals surface area contributed by atoms with Crippen LogP contribution in [0.1, 0.15) is 22.3 Å². The van der Waals surface area contributed by atoms with Crippen molar-refractivity contribution in [3.8, 4) is 44.5 Å². The van der Waals surface area contributed by atoms with Crippen molar-refractivity contribution < 1.29 is 0 Å². The molecule has 0 bridgehead atoms. The molecule has 10 aromatic carbocycles. The van der Waals surface area contributed by atoms with Crippen LogP contribution in [0.15, 0.2) is 194 Å². The van der Waals surface area contributed by atoms with Crippen molar-refractivity contribution in [2.45, 2.75) is 5.41 Å². The van der Waals surface area contributed by atoms with Crippen LogP contribution in [-0.2, 0) is 5.41 Å². The van der Waals surface area contributed by atoms with E-state index in [0.717, 1.165) is 0 Å². The maximum Gasteiger partial charge on any atom is 0.0731 e. The summed E-state index contributed by atoms with van der Waals surface area (Å²) in [6.07, 6.45) is 0. The van der Waals surface area contributed by atoms with Crippen LogP contribution < -0.4 is 0 Å². The van der Waals surface area contributed by atoms with Crippen molar-refractivity contribution in [3.63, 3.8) is 0 Å². The summed E-state index contributed by atoms with van der Waals surface area (Å²) in [7, 11) is 0. The van der Waals surface area contributed by atoms with Crippen LogP contribution in [-0.4, -0.2) is 0 Å². The Balaban J connectivity index is 1.21. The normalized spacial score (nSPS) is 13.4. The molecule has 1 spiro atoms. The molecule has 0 unspecified atom stereocenters. The van der Waals surface area contributed by atoms with Crippen LogP contribution in [0.2, 0.25) is 0 Å². The second kappa shape index (κ2) is 10.6. The summed E-state index contributed by atoms with van der Waals surface area (Å²) in [5, 5.41) is 10.2. The number of benzene rings is 10. The summed E-state index contributed by atoms with van der Waals surface area (Å²) in [6.45, 7) is 0. The summed E-state index contributed by atoms with van der Waals surface area (Å²) < 4.78 is 0. The summed E-state index contributed by atoms with van der Waals surface area (Å²) >= 11 is 0. The Hall–Kier alpha value is -6.76. The molecule has 0 aliphatic heterocycles. The first-order chi connectivity index (χ1) is 26.3. The molecular formula is C53H32. The summed E-state index contributed by atoms with van der Waals surface area (Å²) in [6, 6.07) is 72.8. The van der Waals surface area contributed by atoms with Crippen molar-refractivity contribution in [3.05, 3.63) is 216 Å². The van der Waals surface area contributed by atoms with Gasteiger partial charge in [0.05, 0.1) is 5.41 Å². The van der Waals surface area contributed by atoms with Crippen LogP contribution in [0.25, 0.3) is 87.6 Å². The Morgan fingerprint density at radius 1 is 0.264 bits per heavy atom. The fraction of sp³-hybridized carbons (Fsp3) is 0.0189. The Morgan fingerprint density at radius 3 is 1.38 bits per heavy atom. The fourth-order valence-corrected chi connectivity index (χ4v) is 10.2. The molecule has 0 heteroatoms. The van der Waals surface area contributed by atoms with Gasteiger partial charge in [-0.25, -0.2) is 0 Å². The largest absolute Gasteiger partial charge is 0.0731 e. The number of hydrogen-bond donors (Lipinski definition) is 0. The highest BCUT2D eigenvalue weighted by Crippen LogP contribution is 2.64. The van der Waals surface area contributed by atoms with E-state index in [2.05, 4.69) is 194 Å². The first-order valence-corrected chi connectivity index (χ1v) is 18.6. The molecule has 0 nitrogen and oxygen atoms in total. The van der Waals surface area contributed by atoms with Crippen molar-refractivity contribution in [1.29, 1.82) is 0 Å². The van der Waals surface area contributed by atoms with Gasteiger partial charge in [0.25, 0.3) is 0 Å². The third-order valence-electron chi connectivity index (χ3n) is 12.2. The van der Waals surface area contributed by atoms with E-state index in [1.54, 1.807) is 0 Å². The third kappa shape index (κ3) is 3.70. The monoisotopic (exact) mass is 668 g/mol. The second-order valence-electron chi connectivity index (χ2n) is 14.7. The minimum absolute atomic E-state index is 0.441. The minimum atomic E-state index is -0.441. The second-order valence-corrected chi connectivity index (χ2v) is 14.7. The van der Waals surface area contributed by atoms with Crippen molar-refractivity contribution in [1.82, 2.24) is 0 Å². The molecular weight excluding hydrogens is 637 g/mol. The zero-order valence-corrected chi connectivity index (χ0v) is 29.0. The molecule has 244 valence electrons. The van der Waals surface area contributed by atoms with Gasteiger partial charge in [-0.15, -0.1) is 0 Å². The lowest BCUT2D eigenvalue weighted by molar-refractivity contribution is 0.801. The van der Waals surface area contributed by atoms with Gasteiger partial charge in [0.2, 0.25) is 0 Å². The molecule has 0 radical (unpaired) electrons.